The minimum absolute atomic E-state index is 0.244. The Morgan fingerprint density at radius 2 is 2.22 bits per heavy atom. The van der Waals surface area contributed by atoms with Crippen LogP contribution in [0.4, 0.5) is 0 Å². The van der Waals surface area contributed by atoms with E-state index in [9.17, 15) is 5.11 Å². The summed E-state index contributed by atoms with van der Waals surface area (Å²) in [7, 11) is 0. The molecule has 140 valence electrons. The number of aromatic nitrogens is 1. The highest BCUT2D eigenvalue weighted by molar-refractivity contribution is 5.29. The second-order valence-electron chi connectivity index (χ2n) is 7.88. The first-order chi connectivity index (χ1) is 13.1. The van der Waals surface area contributed by atoms with Crippen molar-refractivity contribution in [2.75, 3.05) is 19.7 Å². The van der Waals surface area contributed by atoms with Crippen molar-refractivity contribution in [2.45, 2.75) is 31.9 Å². The Hall–Kier alpha value is -2.35. The van der Waals surface area contributed by atoms with Crippen LogP contribution in [0.15, 0.2) is 42.6 Å². The van der Waals surface area contributed by atoms with Crippen molar-refractivity contribution in [3.05, 3.63) is 59.4 Å². The molecule has 2 fully saturated rings. The van der Waals surface area contributed by atoms with Crippen molar-refractivity contribution < 1.29 is 9.84 Å². The fourth-order valence-electron chi connectivity index (χ4n) is 4.67. The molecule has 2 aliphatic rings. The first kappa shape index (κ1) is 18.0. The van der Waals surface area contributed by atoms with Crippen molar-refractivity contribution in [3.8, 4) is 18.1 Å². The van der Waals surface area contributed by atoms with Gasteiger partial charge in [-0.05, 0) is 55.0 Å². The number of ether oxygens (including phenoxy) is 1. The number of hydrogen-bond acceptors (Lipinski definition) is 4. The number of aryl methyl sites for hydroxylation is 1. The lowest BCUT2D eigenvalue weighted by Gasteiger charge is -2.30. The summed E-state index contributed by atoms with van der Waals surface area (Å²) in [5.41, 5.74) is 2.36. The topological polar surface area (TPSA) is 45.6 Å². The molecule has 0 bridgehead atoms. The van der Waals surface area contributed by atoms with Gasteiger partial charge in [0.1, 0.15) is 18.0 Å². The zero-order chi connectivity index (χ0) is 18.9. The van der Waals surface area contributed by atoms with E-state index in [1.54, 1.807) is 0 Å². The molecule has 2 heterocycles. The van der Waals surface area contributed by atoms with Gasteiger partial charge < -0.3 is 9.84 Å². The third kappa shape index (κ3) is 3.58. The minimum atomic E-state index is -0.801. The average Bonchev–Trinajstić information content (AvgIpc) is 3.21. The molecule has 1 saturated heterocycles. The highest BCUT2D eigenvalue weighted by atomic mass is 16.5. The molecule has 1 aromatic heterocycles. The number of likely N-dealkylation sites (tertiary alicyclic amines) is 1. The maximum absolute atomic E-state index is 11.4. The normalized spacial score (nSPS) is 27.3. The van der Waals surface area contributed by atoms with Gasteiger partial charge in [-0.2, -0.15) is 0 Å². The fraction of sp³-hybridized carbons (Fsp3) is 0.435. The van der Waals surface area contributed by atoms with E-state index in [4.69, 9.17) is 11.2 Å². The number of pyridine rings is 1. The molecule has 1 aliphatic carbocycles. The molecule has 4 rings (SSSR count). The van der Waals surface area contributed by atoms with E-state index < -0.39 is 5.60 Å². The molecule has 0 radical (unpaired) electrons. The van der Waals surface area contributed by atoms with Crippen LogP contribution in [0, 0.1) is 31.1 Å². The first-order valence-corrected chi connectivity index (χ1v) is 9.61. The summed E-state index contributed by atoms with van der Waals surface area (Å²) in [5, 5.41) is 11.4. The lowest BCUT2D eigenvalue weighted by atomic mass is 9.85. The van der Waals surface area contributed by atoms with Crippen molar-refractivity contribution >= 4 is 0 Å². The van der Waals surface area contributed by atoms with E-state index in [1.807, 2.05) is 37.4 Å². The molecule has 0 amide bonds. The third-order valence-electron chi connectivity index (χ3n) is 6.01. The van der Waals surface area contributed by atoms with Crippen LogP contribution in [0.1, 0.15) is 29.7 Å². The predicted molar refractivity (Wildman–Crippen MR) is 105 cm³/mol. The van der Waals surface area contributed by atoms with Gasteiger partial charge >= 0.3 is 0 Å². The minimum Gasteiger partial charge on any atom is -0.481 e. The number of benzene rings is 1. The van der Waals surface area contributed by atoms with Crippen LogP contribution in [0.25, 0.3) is 0 Å². The molecular formula is C23H26N2O2. The smallest absolute Gasteiger partial charge is 0.148 e. The summed E-state index contributed by atoms with van der Waals surface area (Å²) in [6.45, 7) is 5.09. The van der Waals surface area contributed by atoms with E-state index in [2.05, 4.69) is 27.9 Å². The molecule has 2 aromatic rings. The van der Waals surface area contributed by atoms with Gasteiger partial charge in [-0.15, -0.1) is 6.42 Å². The number of rotatable bonds is 5. The number of nitrogens with zero attached hydrogens (tertiary/aromatic N) is 2. The molecule has 0 unspecified atom stereocenters. The molecule has 3 atom stereocenters. The Balaban J connectivity index is 1.46. The van der Waals surface area contributed by atoms with Gasteiger partial charge in [0.05, 0.1) is 5.69 Å². The van der Waals surface area contributed by atoms with Gasteiger partial charge in [0.15, 0.2) is 0 Å². The van der Waals surface area contributed by atoms with Crippen LogP contribution in [0.2, 0.25) is 0 Å². The largest absolute Gasteiger partial charge is 0.481 e. The zero-order valence-electron chi connectivity index (χ0n) is 15.8. The van der Waals surface area contributed by atoms with Crippen molar-refractivity contribution in [2.24, 2.45) is 11.8 Å². The number of aliphatic hydroxyl groups is 1. The summed E-state index contributed by atoms with van der Waals surface area (Å²) in [4.78, 5) is 6.98. The number of hydrogen-bond donors (Lipinski definition) is 1. The Kier molecular flexibility index (Phi) is 4.90. The third-order valence-corrected chi connectivity index (χ3v) is 6.01. The molecule has 1 N–H and O–H groups in total. The molecule has 1 saturated carbocycles. The summed E-state index contributed by atoms with van der Waals surface area (Å²) < 4.78 is 5.53. The lowest BCUT2D eigenvalue weighted by Crippen LogP contribution is -2.35. The lowest BCUT2D eigenvalue weighted by molar-refractivity contribution is -0.0108. The molecule has 1 aliphatic heterocycles. The maximum atomic E-state index is 11.4. The zero-order valence-corrected chi connectivity index (χ0v) is 15.8. The standard InChI is InChI=1S/C23H26N2O2/c1-3-11-27-20-6-4-5-18(12-20)14-25-15-19-9-10-23(26,21(19)16-25)22-8-7-17(2)13-24-22/h1,4-8,12-13,19,21,26H,9-11,14-16H2,2H3/t19-,21+,23-/m0/s1. The Labute approximate surface area is 161 Å². The van der Waals surface area contributed by atoms with E-state index in [1.165, 1.54) is 5.56 Å². The van der Waals surface area contributed by atoms with E-state index >= 15 is 0 Å². The van der Waals surface area contributed by atoms with Crippen LogP contribution >= 0.6 is 0 Å². The van der Waals surface area contributed by atoms with Crippen molar-refractivity contribution in [1.29, 1.82) is 0 Å². The Morgan fingerprint density at radius 3 is 3.00 bits per heavy atom. The summed E-state index contributed by atoms with van der Waals surface area (Å²) >= 11 is 0. The second-order valence-corrected chi connectivity index (χ2v) is 7.88. The molecular weight excluding hydrogens is 336 g/mol. The van der Waals surface area contributed by atoms with Crippen LogP contribution in [-0.4, -0.2) is 34.7 Å². The van der Waals surface area contributed by atoms with Crippen LogP contribution < -0.4 is 4.74 Å². The summed E-state index contributed by atoms with van der Waals surface area (Å²) in [5.74, 6) is 4.08. The van der Waals surface area contributed by atoms with Crippen molar-refractivity contribution in [3.63, 3.8) is 0 Å². The van der Waals surface area contributed by atoms with Gasteiger partial charge in [-0.25, -0.2) is 0 Å². The quantitative estimate of drug-likeness (QED) is 0.830. The molecule has 27 heavy (non-hydrogen) atoms. The molecule has 4 heteroatoms. The van der Waals surface area contributed by atoms with Gasteiger partial charge in [-0.1, -0.05) is 24.1 Å². The van der Waals surface area contributed by atoms with Gasteiger partial charge in [-0.3, -0.25) is 9.88 Å². The van der Waals surface area contributed by atoms with Crippen LogP contribution in [-0.2, 0) is 12.1 Å². The first-order valence-electron chi connectivity index (χ1n) is 9.61. The van der Waals surface area contributed by atoms with Gasteiger partial charge in [0, 0.05) is 31.7 Å². The average molecular weight is 362 g/mol. The van der Waals surface area contributed by atoms with E-state index in [-0.39, 0.29) is 12.5 Å². The molecule has 4 nitrogen and oxygen atoms in total. The van der Waals surface area contributed by atoms with E-state index in [0.29, 0.717) is 5.92 Å². The van der Waals surface area contributed by atoms with E-state index in [0.717, 1.165) is 49.5 Å². The predicted octanol–water partition coefficient (Wildman–Crippen LogP) is 3.13. The van der Waals surface area contributed by atoms with Gasteiger partial charge in [0.25, 0.3) is 0 Å². The summed E-state index contributed by atoms with van der Waals surface area (Å²) in [6, 6.07) is 12.1. The number of fused-ring (bicyclic) bond motifs is 1. The second kappa shape index (κ2) is 7.34. The number of terminal acetylenes is 1. The highest BCUT2D eigenvalue weighted by Crippen LogP contribution is 2.50. The van der Waals surface area contributed by atoms with Crippen LogP contribution in [0.3, 0.4) is 0 Å². The van der Waals surface area contributed by atoms with Gasteiger partial charge in [0.2, 0.25) is 0 Å². The molecule has 1 aromatic carbocycles. The molecule has 0 spiro atoms. The van der Waals surface area contributed by atoms with Crippen LogP contribution in [0.5, 0.6) is 5.75 Å². The van der Waals surface area contributed by atoms with Crippen molar-refractivity contribution in [1.82, 2.24) is 9.88 Å². The SMILES string of the molecule is C#CCOc1cccc(CN2C[C@@H]3CC[C@@](O)(c4ccc(C)cn4)[C@@H]3C2)c1. The maximum Gasteiger partial charge on any atom is 0.148 e. The monoisotopic (exact) mass is 362 g/mol. The fourth-order valence-corrected chi connectivity index (χ4v) is 4.67. The highest BCUT2D eigenvalue weighted by Gasteiger charge is 2.52. The Morgan fingerprint density at radius 1 is 1.33 bits per heavy atom. The summed E-state index contributed by atoms with van der Waals surface area (Å²) in [6.07, 6.45) is 8.99. The Bertz CT molecular complexity index is 842.